The molecule has 2 aliphatic heterocycles. The molecule has 1 atom stereocenters. The molecule has 1 aromatic carbocycles. The van der Waals surface area contributed by atoms with Crippen LogP contribution < -0.4 is 5.32 Å². The highest BCUT2D eigenvalue weighted by molar-refractivity contribution is 9.10. The molecule has 0 saturated carbocycles. The van der Waals surface area contributed by atoms with Crippen molar-refractivity contribution in [1.82, 2.24) is 10.2 Å². The Kier molecular flexibility index (Phi) is 5.44. The molecule has 0 amide bonds. The Morgan fingerprint density at radius 2 is 1.73 bits per heavy atom. The van der Waals surface area contributed by atoms with Gasteiger partial charge in [0.25, 0.3) is 0 Å². The van der Waals surface area contributed by atoms with Crippen LogP contribution in [0.1, 0.15) is 24.4 Å². The van der Waals surface area contributed by atoms with Gasteiger partial charge in [0.15, 0.2) is 0 Å². The van der Waals surface area contributed by atoms with Gasteiger partial charge in [-0.15, -0.1) is 0 Å². The summed E-state index contributed by atoms with van der Waals surface area (Å²) >= 11 is 3.16. The first-order valence-electron chi connectivity index (χ1n) is 7.84. The molecule has 0 radical (unpaired) electrons. The van der Waals surface area contributed by atoms with Crippen molar-refractivity contribution in [2.45, 2.75) is 18.9 Å². The number of rotatable bonds is 3. The summed E-state index contributed by atoms with van der Waals surface area (Å²) in [7, 11) is 0. The fourth-order valence-corrected chi connectivity index (χ4v) is 3.95. The van der Waals surface area contributed by atoms with Gasteiger partial charge in [-0.25, -0.2) is 8.78 Å². The second kappa shape index (κ2) is 7.34. The third kappa shape index (κ3) is 3.50. The molecule has 122 valence electrons. The number of halogens is 3. The molecule has 0 aliphatic carbocycles. The lowest BCUT2D eigenvalue weighted by Crippen LogP contribution is -2.48. The first-order chi connectivity index (χ1) is 10.7. The quantitative estimate of drug-likeness (QED) is 0.879. The fourth-order valence-electron chi connectivity index (χ4n) is 3.54. The van der Waals surface area contributed by atoms with Crippen LogP contribution in [0.3, 0.4) is 0 Å². The van der Waals surface area contributed by atoms with Crippen LogP contribution in [0, 0.1) is 17.6 Å². The van der Waals surface area contributed by atoms with E-state index in [2.05, 4.69) is 26.1 Å². The Morgan fingerprint density at radius 3 is 2.32 bits per heavy atom. The van der Waals surface area contributed by atoms with Crippen molar-refractivity contribution in [3.05, 3.63) is 33.8 Å². The molecular formula is C16H21BrF2N2O. The van der Waals surface area contributed by atoms with Gasteiger partial charge >= 0.3 is 0 Å². The number of piperazine rings is 1. The van der Waals surface area contributed by atoms with E-state index in [1.807, 2.05) is 0 Å². The molecule has 0 unspecified atom stereocenters. The van der Waals surface area contributed by atoms with Gasteiger partial charge in [0, 0.05) is 55.5 Å². The van der Waals surface area contributed by atoms with Gasteiger partial charge in [0.05, 0.1) is 0 Å². The predicted molar refractivity (Wildman–Crippen MR) is 84.8 cm³/mol. The zero-order chi connectivity index (χ0) is 15.5. The molecule has 6 heteroatoms. The summed E-state index contributed by atoms with van der Waals surface area (Å²) in [4.78, 5) is 2.22. The van der Waals surface area contributed by atoms with Crippen LogP contribution in [0.25, 0.3) is 0 Å². The number of benzene rings is 1. The van der Waals surface area contributed by atoms with E-state index >= 15 is 0 Å². The van der Waals surface area contributed by atoms with Gasteiger partial charge in [0.1, 0.15) is 11.6 Å². The summed E-state index contributed by atoms with van der Waals surface area (Å²) in [6.07, 6.45) is 1.70. The number of hydrogen-bond donors (Lipinski definition) is 1. The first kappa shape index (κ1) is 16.3. The van der Waals surface area contributed by atoms with Crippen molar-refractivity contribution < 1.29 is 13.5 Å². The molecule has 2 heterocycles. The number of nitrogens with one attached hydrogen (secondary N) is 1. The number of ether oxygens (including phenoxy) is 1. The first-order valence-corrected chi connectivity index (χ1v) is 8.63. The monoisotopic (exact) mass is 374 g/mol. The van der Waals surface area contributed by atoms with E-state index in [0.29, 0.717) is 17.7 Å². The molecule has 0 aromatic heterocycles. The fraction of sp³-hybridized carbons (Fsp3) is 0.625. The lowest BCUT2D eigenvalue weighted by atomic mass is 9.85. The number of hydrogen-bond acceptors (Lipinski definition) is 3. The molecule has 1 N–H and O–H groups in total. The largest absolute Gasteiger partial charge is 0.381 e. The van der Waals surface area contributed by atoms with Crippen LogP contribution in [0.2, 0.25) is 0 Å². The molecular weight excluding hydrogens is 354 g/mol. The lowest BCUT2D eigenvalue weighted by molar-refractivity contribution is 0.0191. The van der Waals surface area contributed by atoms with Crippen LogP contribution in [-0.2, 0) is 4.74 Å². The summed E-state index contributed by atoms with van der Waals surface area (Å²) in [6.45, 7) is 4.70. The Balaban J connectivity index is 1.96. The molecule has 2 aliphatic rings. The Labute approximate surface area is 138 Å². The maximum atomic E-state index is 14.5. The summed E-state index contributed by atoms with van der Waals surface area (Å²) in [6, 6.07) is 2.53. The molecule has 3 nitrogen and oxygen atoms in total. The molecule has 22 heavy (non-hydrogen) atoms. The maximum absolute atomic E-state index is 14.5. The van der Waals surface area contributed by atoms with E-state index in [1.54, 1.807) is 0 Å². The minimum Gasteiger partial charge on any atom is -0.381 e. The second-order valence-electron chi connectivity index (χ2n) is 5.96. The molecule has 0 bridgehead atoms. The van der Waals surface area contributed by atoms with Crippen molar-refractivity contribution in [3.8, 4) is 0 Å². The zero-order valence-electron chi connectivity index (χ0n) is 12.5. The smallest absolute Gasteiger partial charge is 0.132 e. The third-order valence-electron chi connectivity index (χ3n) is 4.60. The highest BCUT2D eigenvalue weighted by Gasteiger charge is 2.35. The van der Waals surface area contributed by atoms with Crippen molar-refractivity contribution in [3.63, 3.8) is 0 Å². The van der Waals surface area contributed by atoms with Crippen LogP contribution in [0.5, 0.6) is 0 Å². The summed E-state index contributed by atoms with van der Waals surface area (Å²) in [5.41, 5.74) is 0.219. The van der Waals surface area contributed by atoms with E-state index in [0.717, 1.165) is 39.0 Å². The van der Waals surface area contributed by atoms with Crippen molar-refractivity contribution >= 4 is 15.9 Å². The summed E-state index contributed by atoms with van der Waals surface area (Å²) < 4.78 is 34.9. The SMILES string of the molecule is Fc1cc(Br)cc(F)c1[C@H](C1CCOCC1)N1CCNCC1. The van der Waals surface area contributed by atoms with E-state index in [9.17, 15) is 8.78 Å². The number of nitrogens with zero attached hydrogens (tertiary/aromatic N) is 1. The molecule has 1 aromatic rings. The molecule has 0 spiro atoms. The Bertz CT molecular complexity index is 476. The Hall–Kier alpha value is -0.560. The van der Waals surface area contributed by atoms with Crippen LogP contribution >= 0.6 is 15.9 Å². The molecule has 2 saturated heterocycles. The molecule has 3 rings (SSSR count). The van der Waals surface area contributed by atoms with E-state index in [4.69, 9.17) is 4.74 Å². The minimum absolute atomic E-state index is 0.209. The van der Waals surface area contributed by atoms with Gasteiger partial charge in [-0.2, -0.15) is 0 Å². The van der Waals surface area contributed by atoms with Crippen LogP contribution in [0.4, 0.5) is 8.78 Å². The topological polar surface area (TPSA) is 24.5 Å². The highest BCUT2D eigenvalue weighted by Crippen LogP contribution is 2.38. The predicted octanol–water partition coefficient (Wildman–Crippen LogP) is 3.10. The highest BCUT2D eigenvalue weighted by atomic mass is 79.9. The van der Waals surface area contributed by atoms with Gasteiger partial charge in [-0.1, -0.05) is 15.9 Å². The van der Waals surface area contributed by atoms with E-state index in [1.165, 1.54) is 12.1 Å². The van der Waals surface area contributed by atoms with Crippen LogP contribution in [0.15, 0.2) is 16.6 Å². The van der Waals surface area contributed by atoms with Crippen molar-refractivity contribution in [2.75, 3.05) is 39.4 Å². The normalized spacial score (nSPS) is 22.7. The van der Waals surface area contributed by atoms with Gasteiger partial charge in [-0.05, 0) is 30.9 Å². The second-order valence-corrected chi connectivity index (χ2v) is 6.88. The lowest BCUT2D eigenvalue weighted by Gasteiger charge is -2.41. The maximum Gasteiger partial charge on any atom is 0.132 e. The average Bonchev–Trinajstić information content (AvgIpc) is 2.52. The van der Waals surface area contributed by atoms with Gasteiger partial charge in [-0.3, -0.25) is 4.90 Å². The summed E-state index contributed by atoms with van der Waals surface area (Å²) in [5, 5.41) is 3.30. The summed E-state index contributed by atoms with van der Waals surface area (Å²) in [5.74, 6) is -0.680. The zero-order valence-corrected chi connectivity index (χ0v) is 14.0. The average molecular weight is 375 g/mol. The van der Waals surface area contributed by atoms with Crippen molar-refractivity contribution in [1.29, 1.82) is 0 Å². The van der Waals surface area contributed by atoms with Crippen LogP contribution in [-0.4, -0.2) is 44.3 Å². The van der Waals surface area contributed by atoms with Crippen molar-refractivity contribution in [2.24, 2.45) is 5.92 Å². The Morgan fingerprint density at radius 1 is 1.14 bits per heavy atom. The third-order valence-corrected chi connectivity index (χ3v) is 5.05. The van der Waals surface area contributed by atoms with Gasteiger partial charge in [0.2, 0.25) is 0 Å². The standard InChI is InChI=1S/C16H21BrF2N2O/c17-12-9-13(18)15(14(19)10-12)16(11-1-7-22-8-2-11)21-5-3-20-4-6-21/h9-11,16,20H,1-8H2/t16-/m0/s1. The van der Waals surface area contributed by atoms with E-state index < -0.39 is 11.6 Å². The van der Waals surface area contributed by atoms with E-state index in [-0.39, 0.29) is 17.5 Å². The van der Waals surface area contributed by atoms with Gasteiger partial charge < -0.3 is 10.1 Å². The molecule has 2 fully saturated rings. The minimum atomic E-state index is -0.457.